The van der Waals surface area contributed by atoms with Gasteiger partial charge in [0, 0.05) is 6.61 Å². The average molecular weight is 186 g/mol. The quantitative estimate of drug-likeness (QED) is 0.467. The lowest BCUT2D eigenvalue weighted by molar-refractivity contribution is -0.168. The molecule has 1 fully saturated rings. The van der Waals surface area contributed by atoms with Crippen molar-refractivity contribution in [2.24, 2.45) is 0 Å². The summed E-state index contributed by atoms with van der Waals surface area (Å²) < 4.78 is 16.0. The Morgan fingerprint density at radius 3 is 3.00 bits per heavy atom. The van der Waals surface area contributed by atoms with Gasteiger partial charge >= 0.3 is 0 Å². The molecule has 0 aromatic heterocycles. The lowest BCUT2D eigenvalue weighted by Gasteiger charge is -2.22. The number of rotatable bonds is 6. The van der Waals surface area contributed by atoms with Crippen LogP contribution in [0.25, 0.3) is 0 Å². The van der Waals surface area contributed by atoms with Gasteiger partial charge in [-0.3, -0.25) is 0 Å². The molecule has 3 nitrogen and oxygen atoms in total. The summed E-state index contributed by atoms with van der Waals surface area (Å²) in [6.45, 7) is 6.21. The molecule has 0 aliphatic carbocycles. The van der Waals surface area contributed by atoms with E-state index >= 15 is 0 Å². The Labute approximate surface area is 79.7 Å². The van der Waals surface area contributed by atoms with Crippen LogP contribution in [0.2, 0.25) is 0 Å². The molecule has 1 heterocycles. The molecule has 1 rings (SSSR count). The molecule has 0 N–H and O–H groups in total. The highest BCUT2D eigenvalue weighted by Gasteiger charge is 2.13. The average Bonchev–Trinajstić information content (AvgIpc) is 2.19. The molecule has 13 heavy (non-hydrogen) atoms. The minimum absolute atomic E-state index is 0.00100. The number of hydrogen-bond acceptors (Lipinski definition) is 3. The van der Waals surface area contributed by atoms with Crippen molar-refractivity contribution in [1.29, 1.82) is 0 Å². The molecular formula is C10H18O3. The minimum atomic E-state index is 0.00100. The first-order chi connectivity index (χ1) is 6.43. The van der Waals surface area contributed by atoms with Gasteiger partial charge in [-0.25, -0.2) is 0 Å². The van der Waals surface area contributed by atoms with Gasteiger partial charge in [0.1, 0.15) is 0 Å². The Hall–Kier alpha value is -0.380. The van der Waals surface area contributed by atoms with Crippen LogP contribution in [0.3, 0.4) is 0 Å². The van der Waals surface area contributed by atoms with E-state index in [1.54, 1.807) is 6.08 Å². The Morgan fingerprint density at radius 1 is 1.38 bits per heavy atom. The van der Waals surface area contributed by atoms with Crippen molar-refractivity contribution in [3.8, 4) is 0 Å². The van der Waals surface area contributed by atoms with Crippen molar-refractivity contribution < 1.29 is 14.2 Å². The Bertz CT molecular complexity index is 130. The first kappa shape index (κ1) is 10.7. The van der Waals surface area contributed by atoms with Crippen LogP contribution in [0, 0.1) is 0 Å². The van der Waals surface area contributed by atoms with Gasteiger partial charge in [-0.15, -0.1) is 6.58 Å². The zero-order valence-corrected chi connectivity index (χ0v) is 8.04. The minimum Gasteiger partial charge on any atom is -0.375 e. The van der Waals surface area contributed by atoms with E-state index in [2.05, 4.69) is 6.58 Å². The molecule has 0 saturated carbocycles. The maximum absolute atomic E-state index is 5.45. The predicted molar refractivity (Wildman–Crippen MR) is 50.6 cm³/mol. The van der Waals surface area contributed by atoms with Gasteiger partial charge in [0.05, 0.1) is 19.8 Å². The molecular weight excluding hydrogens is 168 g/mol. The molecule has 1 saturated heterocycles. The highest BCUT2D eigenvalue weighted by Crippen LogP contribution is 2.13. The van der Waals surface area contributed by atoms with Crippen LogP contribution in [-0.4, -0.2) is 32.7 Å². The molecule has 3 heteroatoms. The van der Waals surface area contributed by atoms with Gasteiger partial charge in [0.25, 0.3) is 0 Å². The maximum Gasteiger partial charge on any atom is 0.157 e. The van der Waals surface area contributed by atoms with Crippen molar-refractivity contribution in [2.75, 3.05) is 26.4 Å². The summed E-state index contributed by atoms with van der Waals surface area (Å²) in [7, 11) is 0. The van der Waals surface area contributed by atoms with Crippen molar-refractivity contribution >= 4 is 0 Å². The summed E-state index contributed by atoms with van der Waals surface area (Å²) in [5.41, 5.74) is 0. The van der Waals surface area contributed by atoms with E-state index in [4.69, 9.17) is 14.2 Å². The zero-order chi connectivity index (χ0) is 9.36. The molecule has 76 valence electrons. The van der Waals surface area contributed by atoms with Crippen LogP contribution < -0.4 is 0 Å². The second kappa shape index (κ2) is 7.06. The van der Waals surface area contributed by atoms with E-state index in [0.29, 0.717) is 19.8 Å². The van der Waals surface area contributed by atoms with Crippen LogP contribution in [-0.2, 0) is 14.2 Å². The fourth-order valence-electron chi connectivity index (χ4n) is 1.25. The highest BCUT2D eigenvalue weighted by atomic mass is 16.7. The van der Waals surface area contributed by atoms with Gasteiger partial charge in [-0.05, 0) is 19.3 Å². The molecule has 0 aromatic rings. The van der Waals surface area contributed by atoms with E-state index < -0.39 is 0 Å². The van der Waals surface area contributed by atoms with Gasteiger partial charge in [0.15, 0.2) is 6.29 Å². The Balaban J connectivity index is 1.89. The highest BCUT2D eigenvalue weighted by molar-refractivity contribution is 4.63. The van der Waals surface area contributed by atoms with Crippen molar-refractivity contribution in [2.45, 2.75) is 25.6 Å². The molecule has 1 atom stereocenters. The van der Waals surface area contributed by atoms with E-state index in [0.717, 1.165) is 19.4 Å². The number of ether oxygens (including phenoxy) is 3. The van der Waals surface area contributed by atoms with E-state index in [-0.39, 0.29) is 6.29 Å². The van der Waals surface area contributed by atoms with Crippen LogP contribution >= 0.6 is 0 Å². The van der Waals surface area contributed by atoms with E-state index in [1.807, 2.05) is 0 Å². The lowest BCUT2D eigenvalue weighted by atomic mass is 10.2. The fraction of sp³-hybridized carbons (Fsp3) is 0.800. The van der Waals surface area contributed by atoms with Crippen LogP contribution in [0.4, 0.5) is 0 Å². The number of hydrogen-bond donors (Lipinski definition) is 0. The summed E-state index contributed by atoms with van der Waals surface area (Å²) >= 11 is 0. The van der Waals surface area contributed by atoms with Crippen molar-refractivity contribution in [3.05, 3.63) is 12.7 Å². The molecule has 0 unspecified atom stereocenters. The largest absolute Gasteiger partial charge is 0.375 e. The summed E-state index contributed by atoms with van der Waals surface area (Å²) in [5, 5.41) is 0. The van der Waals surface area contributed by atoms with Gasteiger partial charge in [-0.2, -0.15) is 0 Å². The summed E-state index contributed by atoms with van der Waals surface area (Å²) in [6.07, 6.45) is 5.12. The predicted octanol–water partition coefficient (Wildman–Crippen LogP) is 1.73. The molecule has 0 spiro atoms. The fourth-order valence-corrected chi connectivity index (χ4v) is 1.25. The van der Waals surface area contributed by atoms with Crippen LogP contribution in [0.15, 0.2) is 12.7 Å². The molecule has 0 radical (unpaired) electrons. The summed E-state index contributed by atoms with van der Waals surface area (Å²) in [6, 6.07) is 0. The van der Waals surface area contributed by atoms with Gasteiger partial charge < -0.3 is 14.2 Å². The molecule has 0 bridgehead atoms. The first-order valence-electron chi connectivity index (χ1n) is 4.85. The van der Waals surface area contributed by atoms with E-state index in [9.17, 15) is 0 Å². The van der Waals surface area contributed by atoms with Crippen LogP contribution in [0.1, 0.15) is 19.3 Å². The smallest absolute Gasteiger partial charge is 0.157 e. The third-order valence-corrected chi connectivity index (χ3v) is 1.91. The van der Waals surface area contributed by atoms with Gasteiger partial charge in [0.2, 0.25) is 0 Å². The van der Waals surface area contributed by atoms with Crippen molar-refractivity contribution in [3.63, 3.8) is 0 Å². The normalized spacial score (nSPS) is 22.9. The second-order valence-corrected chi connectivity index (χ2v) is 3.03. The first-order valence-corrected chi connectivity index (χ1v) is 4.85. The third-order valence-electron chi connectivity index (χ3n) is 1.91. The van der Waals surface area contributed by atoms with Gasteiger partial charge in [-0.1, -0.05) is 6.08 Å². The summed E-state index contributed by atoms with van der Waals surface area (Å²) in [4.78, 5) is 0. The maximum atomic E-state index is 5.45. The molecule has 0 amide bonds. The zero-order valence-electron chi connectivity index (χ0n) is 8.04. The lowest BCUT2D eigenvalue weighted by Crippen LogP contribution is -2.23. The Kier molecular flexibility index (Phi) is 5.81. The second-order valence-electron chi connectivity index (χ2n) is 3.03. The monoisotopic (exact) mass is 186 g/mol. The summed E-state index contributed by atoms with van der Waals surface area (Å²) in [5.74, 6) is 0. The van der Waals surface area contributed by atoms with E-state index in [1.165, 1.54) is 6.42 Å². The van der Waals surface area contributed by atoms with Crippen LogP contribution in [0.5, 0.6) is 0 Å². The SMILES string of the molecule is C=CCOCCO[C@@H]1CCCCO1. The third kappa shape index (κ3) is 5.03. The molecule has 1 aliphatic rings. The van der Waals surface area contributed by atoms with Crippen molar-refractivity contribution in [1.82, 2.24) is 0 Å². The topological polar surface area (TPSA) is 27.7 Å². The molecule has 1 aliphatic heterocycles. The standard InChI is InChI=1S/C10H18O3/c1-2-6-11-8-9-13-10-5-3-4-7-12-10/h2,10H,1,3-9H2/t10-/m1/s1. The Morgan fingerprint density at radius 2 is 2.31 bits per heavy atom. The molecule has 0 aromatic carbocycles.